The van der Waals surface area contributed by atoms with Gasteiger partial charge >= 0.3 is 24.1 Å². The first-order chi connectivity index (χ1) is 19.1. The smallest absolute Gasteiger partial charge is 0.458 e. The van der Waals surface area contributed by atoms with E-state index in [1.165, 1.54) is 12.1 Å². The Morgan fingerprint density at radius 1 is 0.732 bits per heavy atom. The van der Waals surface area contributed by atoms with Crippen molar-refractivity contribution in [1.29, 1.82) is 0 Å². The molecule has 0 heterocycles. The van der Waals surface area contributed by atoms with E-state index in [-0.39, 0.29) is 48.2 Å². The van der Waals surface area contributed by atoms with Crippen molar-refractivity contribution in [2.24, 2.45) is 35.3 Å². The monoisotopic (exact) mass is 579 g/mol. The number of benzene rings is 1. The molecule has 2 N–H and O–H groups in total. The van der Waals surface area contributed by atoms with Crippen LogP contribution < -0.4 is 15.2 Å². The van der Waals surface area contributed by atoms with Gasteiger partial charge in [-0.15, -0.1) is 0 Å². The summed E-state index contributed by atoms with van der Waals surface area (Å²) in [5.74, 6) is -1.91. The van der Waals surface area contributed by atoms with Gasteiger partial charge in [-0.25, -0.2) is 4.79 Å². The van der Waals surface area contributed by atoms with Gasteiger partial charge in [-0.05, 0) is 55.7 Å². The topological polar surface area (TPSA) is 140 Å². The fraction of sp³-hybridized carbons (Fsp3) is 0.677. The van der Waals surface area contributed by atoms with Crippen molar-refractivity contribution >= 4 is 24.1 Å². The normalized spacial score (nSPS) is 15.7. The van der Waals surface area contributed by atoms with Gasteiger partial charge in [0.25, 0.3) is 0 Å². The average Bonchev–Trinajstić information content (AvgIpc) is 2.91. The molecule has 0 spiro atoms. The summed E-state index contributed by atoms with van der Waals surface area (Å²) < 4.78 is 26.9. The average molecular weight is 580 g/mol. The summed E-state index contributed by atoms with van der Waals surface area (Å²) in [6, 6.07) is 3.63. The molecule has 0 aliphatic rings. The van der Waals surface area contributed by atoms with Crippen LogP contribution in [-0.4, -0.2) is 48.9 Å². The molecule has 41 heavy (non-hydrogen) atoms. The highest BCUT2D eigenvalue weighted by Crippen LogP contribution is 2.31. The van der Waals surface area contributed by atoms with Gasteiger partial charge in [0.1, 0.15) is 18.2 Å². The summed E-state index contributed by atoms with van der Waals surface area (Å²) in [6.07, 6.45) is -1.45. The number of hydrogen-bond acceptors (Lipinski definition) is 10. The Morgan fingerprint density at radius 2 is 1.24 bits per heavy atom. The minimum atomic E-state index is -1.06. The summed E-state index contributed by atoms with van der Waals surface area (Å²) in [7, 11) is 0. The molecule has 0 radical (unpaired) electrons. The van der Waals surface area contributed by atoms with Gasteiger partial charge in [-0.2, -0.15) is 0 Å². The molecule has 1 rings (SSSR count). The number of hydrogen-bond donors (Lipinski definition) is 1. The minimum Gasteiger partial charge on any atom is -0.458 e. The van der Waals surface area contributed by atoms with Crippen molar-refractivity contribution < 1.29 is 42.9 Å². The van der Waals surface area contributed by atoms with Crippen molar-refractivity contribution in [1.82, 2.24) is 0 Å². The number of carbonyl (C=O) groups is 4. The van der Waals surface area contributed by atoms with E-state index in [0.717, 1.165) is 6.42 Å². The fourth-order valence-electron chi connectivity index (χ4n) is 3.10. The summed E-state index contributed by atoms with van der Waals surface area (Å²) in [5, 5.41) is 0. The van der Waals surface area contributed by atoms with Crippen LogP contribution in [0.5, 0.6) is 11.5 Å². The Balaban J connectivity index is 2.96. The highest BCUT2D eigenvalue weighted by molar-refractivity contribution is 5.79. The zero-order chi connectivity index (χ0) is 31.4. The third-order valence-electron chi connectivity index (χ3n) is 7.36. The molecule has 0 saturated heterocycles. The second kappa shape index (κ2) is 17.0. The summed E-state index contributed by atoms with van der Waals surface area (Å²) in [6.45, 7) is 18.5. The van der Waals surface area contributed by atoms with Gasteiger partial charge in [-0.3, -0.25) is 14.4 Å². The lowest BCUT2D eigenvalue weighted by atomic mass is 9.98. The van der Waals surface area contributed by atoms with Crippen LogP contribution >= 0.6 is 0 Å². The minimum absolute atomic E-state index is 0.0379. The lowest BCUT2D eigenvalue weighted by Crippen LogP contribution is -2.39. The molecule has 10 nitrogen and oxygen atoms in total. The van der Waals surface area contributed by atoms with Crippen molar-refractivity contribution in [3.63, 3.8) is 0 Å². The molecular weight excluding hydrogens is 530 g/mol. The SMILES string of the molecule is CCC(C)COC(=O)O[C@@H](C)[C@H](C)OC(=O)[C@@H](N)Cc1ccc(OC(=O)C(C)C(C)C)c(OC(=O)C(C)C(C)C)c1. The van der Waals surface area contributed by atoms with E-state index in [1.807, 2.05) is 41.5 Å². The lowest BCUT2D eigenvalue weighted by Gasteiger charge is -2.22. The molecule has 0 fully saturated rings. The van der Waals surface area contributed by atoms with Crippen molar-refractivity contribution in [3.8, 4) is 11.5 Å². The number of ether oxygens (including phenoxy) is 5. The molecule has 1 aromatic rings. The third kappa shape index (κ3) is 12.1. The van der Waals surface area contributed by atoms with E-state index in [2.05, 4.69) is 0 Å². The van der Waals surface area contributed by atoms with Gasteiger partial charge in [0.2, 0.25) is 0 Å². The van der Waals surface area contributed by atoms with E-state index in [1.54, 1.807) is 33.8 Å². The van der Waals surface area contributed by atoms with Crippen LogP contribution in [0, 0.1) is 29.6 Å². The van der Waals surface area contributed by atoms with Crippen LogP contribution in [0.2, 0.25) is 0 Å². The maximum absolute atomic E-state index is 12.7. The third-order valence-corrected chi connectivity index (χ3v) is 7.36. The van der Waals surface area contributed by atoms with Crippen LogP contribution in [-0.2, 0) is 35.0 Å². The Labute approximate surface area is 244 Å². The van der Waals surface area contributed by atoms with E-state index in [4.69, 9.17) is 29.4 Å². The van der Waals surface area contributed by atoms with Gasteiger partial charge in [0, 0.05) is 0 Å². The van der Waals surface area contributed by atoms with Gasteiger partial charge in [-0.1, -0.05) is 67.9 Å². The van der Waals surface area contributed by atoms with E-state index in [0.29, 0.717) is 5.56 Å². The zero-order valence-electron chi connectivity index (χ0n) is 26.2. The van der Waals surface area contributed by atoms with Gasteiger partial charge < -0.3 is 29.4 Å². The molecule has 0 aliphatic carbocycles. The summed E-state index contributed by atoms with van der Waals surface area (Å²) >= 11 is 0. The molecule has 0 bridgehead atoms. The number of nitrogens with two attached hydrogens (primary N) is 1. The predicted octanol–water partition coefficient (Wildman–Crippen LogP) is 5.47. The van der Waals surface area contributed by atoms with Crippen LogP contribution in [0.25, 0.3) is 0 Å². The molecule has 3 unspecified atom stereocenters. The largest absolute Gasteiger partial charge is 0.508 e. The molecular formula is C31H49NO9. The molecule has 10 heteroatoms. The predicted molar refractivity (Wildman–Crippen MR) is 154 cm³/mol. The molecule has 0 aromatic heterocycles. The molecule has 6 atom stereocenters. The van der Waals surface area contributed by atoms with Gasteiger partial charge in [0.05, 0.1) is 18.4 Å². The quantitative estimate of drug-likeness (QED) is 0.210. The number of carbonyl (C=O) groups excluding carboxylic acids is 4. The number of rotatable bonds is 15. The summed E-state index contributed by atoms with van der Waals surface area (Å²) in [4.78, 5) is 49.9. The van der Waals surface area contributed by atoms with E-state index in [9.17, 15) is 19.2 Å². The van der Waals surface area contributed by atoms with Crippen LogP contribution in [0.15, 0.2) is 18.2 Å². The highest BCUT2D eigenvalue weighted by Gasteiger charge is 2.27. The van der Waals surface area contributed by atoms with Crippen molar-refractivity contribution in [2.75, 3.05) is 6.61 Å². The maximum Gasteiger partial charge on any atom is 0.508 e. The molecule has 0 amide bonds. The zero-order valence-corrected chi connectivity index (χ0v) is 26.2. The standard InChI is InChI=1S/C31H49NO9/c1-11-19(6)16-37-31(36)39-23(10)22(9)38-30(35)25(32)14-24-12-13-26(40-28(33)20(7)17(2)3)27(15-24)41-29(34)21(8)18(4)5/h12-13,15,17-23,25H,11,14,16,32H2,1-10H3/t19?,20?,21?,22-,23-,25-/m0/s1. The summed E-state index contributed by atoms with van der Waals surface area (Å²) in [5.41, 5.74) is 6.69. The van der Waals surface area contributed by atoms with Crippen molar-refractivity contribution in [3.05, 3.63) is 23.8 Å². The molecule has 232 valence electrons. The Hall–Kier alpha value is -3.14. The highest BCUT2D eigenvalue weighted by atomic mass is 16.7. The fourth-order valence-corrected chi connectivity index (χ4v) is 3.10. The second-order valence-corrected chi connectivity index (χ2v) is 11.5. The van der Waals surface area contributed by atoms with E-state index >= 15 is 0 Å². The maximum atomic E-state index is 12.7. The first kappa shape index (κ1) is 35.9. The van der Waals surface area contributed by atoms with E-state index < -0.39 is 48.2 Å². The molecule has 0 aliphatic heterocycles. The Kier molecular flexibility index (Phi) is 14.8. The Morgan fingerprint density at radius 3 is 1.76 bits per heavy atom. The Bertz CT molecular complexity index is 1020. The van der Waals surface area contributed by atoms with Crippen LogP contribution in [0.4, 0.5) is 4.79 Å². The van der Waals surface area contributed by atoms with Crippen LogP contribution in [0.3, 0.4) is 0 Å². The second-order valence-electron chi connectivity index (χ2n) is 11.5. The van der Waals surface area contributed by atoms with Gasteiger partial charge in [0.15, 0.2) is 11.5 Å². The first-order valence-electron chi connectivity index (χ1n) is 14.4. The van der Waals surface area contributed by atoms with Crippen molar-refractivity contribution in [2.45, 2.75) is 100 Å². The molecule has 1 aromatic carbocycles. The van der Waals surface area contributed by atoms with Crippen LogP contribution in [0.1, 0.15) is 81.2 Å². The molecule has 0 saturated carbocycles. The number of esters is 3. The first-order valence-corrected chi connectivity index (χ1v) is 14.4. The lowest BCUT2D eigenvalue weighted by molar-refractivity contribution is -0.155.